The van der Waals surface area contributed by atoms with Gasteiger partial charge in [-0.2, -0.15) is 16.7 Å². The van der Waals surface area contributed by atoms with Gasteiger partial charge in [-0.15, -0.1) is 0 Å². The van der Waals surface area contributed by atoms with Crippen LogP contribution >= 0.6 is 11.8 Å². The summed E-state index contributed by atoms with van der Waals surface area (Å²) in [4.78, 5) is 4.47. The number of hydrogen-bond acceptors (Lipinski definition) is 5. The largest absolute Gasteiger partial charge is 0.339 e. The average molecular weight is 241 g/mol. The second-order valence-corrected chi connectivity index (χ2v) is 5.25. The SMILES string of the molecule is CCCSCc1noc([C@H]2CCCNC2)n1. The second-order valence-electron chi connectivity index (χ2n) is 4.14. The summed E-state index contributed by atoms with van der Waals surface area (Å²) in [5, 5.41) is 7.39. The first-order valence-corrected chi connectivity index (χ1v) is 7.16. The van der Waals surface area contributed by atoms with E-state index < -0.39 is 0 Å². The molecule has 1 N–H and O–H groups in total. The van der Waals surface area contributed by atoms with Crippen molar-refractivity contribution >= 4 is 11.8 Å². The Kier molecular flexibility index (Phi) is 4.66. The molecule has 1 aliphatic rings. The van der Waals surface area contributed by atoms with E-state index in [-0.39, 0.29) is 0 Å². The maximum Gasteiger partial charge on any atom is 0.231 e. The van der Waals surface area contributed by atoms with E-state index in [9.17, 15) is 0 Å². The smallest absolute Gasteiger partial charge is 0.231 e. The summed E-state index contributed by atoms with van der Waals surface area (Å²) in [6.07, 6.45) is 3.56. The molecule has 5 heteroatoms. The number of rotatable bonds is 5. The number of nitrogens with one attached hydrogen (secondary N) is 1. The van der Waals surface area contributed by atoms with Crippen LogP contribution in [0.5, 0.6) is 0 Å². The minimum absolute atomic E-state index is 0.422. The summed E-state index contributed by atoms with van der Waals surface area (Å²) in [5.41, 5.74) is 0. The molecule has 16 heavy (non-hydrogen) atoms. The Morgan fingerprint density at radius 2 is 2.50 bits per heavy atom. The van der Waals surface area contributed by atoms with E-state index in [2.05, 4.69) is 22.4 Å². The Morgan fingerprint density at radius 3 is 3.25 bits per heavy atom. The van der Waals surface area contributed by atoms with Crippen molar-refractivity contribution in [2.45, 2.75) is 37.9 Å². The first-order valence-electron chi connectivity index (χ1n) is 6.01. The van der Waals surface area contributed by atoms with Crippen molar-refractivity contribution < 1.29 is 4.52 Å². The third-order valence-electron chi connectivity index (χ3n) is 2.71. The monoisotopic (exact) mass is 241 g/mol. The van der Waals surface area contributed by atoms with Crippen LogP contribution in [-0.2, 0) is 5.75 Å². The van der Waals surface area contributed by atoms with Crippen LogP contribution < -0.4 is 5.32 Å². The molecule has 1 aromatic rings. The van der Waals surface area contributed by atoms with Crippen LogP contribution in [0.25, 0.3) is 0 Å². The van der Waals surface area contributed by atoms with Gasteiger partial charge in [0.05, 0.1) is 11.7 Å². The molecule has 0 unspecified atom stereocenters. The van der Waals surface area contributed by atoms with Gasteiger partial charge in [0.25, 0.3) is 0 Å². The predicted octanol–water partition coefficient (Wildman–Crippen LogP) is 2.18. The van der Waals surface area contributed by atoms with Crippen molar-refractivity contribution in [2.24, 2.45) is 0 Å². The van der Waals surface area contributed by atoms with Gasteiger partial charge < -0.3 is 9.84 Å². The molecule has 0 saturated carbocycles. The van der Waals surface area contributed by atoms with Crippen molar-refractivity contribution in [2.75, 3.05) is 18.8 Å². The van der Waals surface area contributed by atoms with Gasteiger partial charge in [-0.05, 0) is 31.6 Å². The van der Waals surface area contributed by atoms with Crippen molar-refractivity contribution in [1.82, 2.24) is 15.5 Å². The standard InChI is InChI=1S/C11H19N3OS/c1-2-6-16-8-10-13-11(15-14-10)9-4-3-5-12-7-9/h9,12H,2-8H2,1H3/t9-/m0/s1. The minimum Gasteiger partial charge on any atom is -0.339 e. The van der Waals surface area contributed by atoms with E-state index in [1.807, 2.05) is 11.8 Å². The van der Waals surface area contributed by atoms with Gasteiger partial charge in [0.1, 0.15) is 0 Å². The summed E-state index contributed by atoms with van der Waals surface area (Å²) in [5.74, 6) is 4.12. The molecule has 0 bridgehead atoms. The van der Waals surface area contributed by atoms with Crippen LogP contribution in [0.1, 0.15) is 43.8 Å². The molecule has 1 atom stereocenters. The maximum absolute atomic E-state index is 5.32. The zero-order chi connectivity index (χ0) is 11.2. The molecule has 0 radical (unpaired) electrons. The lowest BCUT2D eigenvalue weighted by atomic mass is 10.00. The lowest BCUT2D eigenvalue weighted by Gasteiger charge is -2.18. The molecule has 0 spiro atoms. The summed E-state index contributed by atoms with van der Waals surface area (Å²) in [7, 11) is 0. The average Bonchev–Trinajstić information content (AvgIpc) is 2.79. The van der Waals surface area contributed by atoms with Gasteiger partial charge in [0, 0.05) is 6.54 Å². The third-order valence-corrected chi connectivity index (χ3v) is 3.87. The van der Waals surface area contributed by atoms with Gasteiger partial charge in [0.15, 0.2) is 5.82 Å². The minimum atomic E-state index is 0.422. The fraction of sp³-hybridized carbons (Fsp3) is 0.818. The lowest BCUT2D eigenvalue weighted by molar-refractivity contribution is 0.320. The molecular formula is C11H19N3OS. The highest BCUT2D eigenvalue weighted by molar-refractivity contribution is 7.98. The Morgan fingerprint density at radius 1 is 1.56 bits per heavy atom. The zero-order valence-electron chi connectivity index (χ0n) is 9.74. The Bertz CT molecular complexity index is 310. The highest BCUT2D eigenvalue weighted by Gasteiger charge is 2.21. The molecule has 1 saturated heterocycles. The van der Waals surface area contributed by atoms with Crippen LogP contribution in [0, 0.1) is 0 Å². The first-order chi connectivity index (χ1) is 7.90. The molecule has 0 aromatic carbocycles. The second kappa shape index (κ2) is 6.25. The molecule has 90 valence electrons. The normalized spacial score (nSPS) is 21.2. The Hall–Kier alpha value is -0.550. The number of piperidine rings is 1. The molecule has 4 nitrogen and oxygen atoms in total. The van der Waals surface area contributed by atoms with E-state index >= 15 is 0 Å². The number of thioether (sulfide) groups is 1. The Labute approximate surface area is 101 Å². The summed E-state index contributed by atoms with van der Waals surface area (Å²) >= 11 is 1.87. The molecule has 0 aliphatic carbocycles. The summed E-state index contributed by atoms with van der Waals surface area (Å²) in [6.45, 7) is 4.27. The van der Waals surface area contributed by atoms with E-state index in [0.717, 1.165) is 42.7 Å². The fourth-order valence-electron chi connectivity index (χ4n) is 1.86. The predicted molar refractivity (Wildman–Crippen MR) is 65.6 cm³/mol. The highest BCUT2D eigenvalue weighted by Crippen LogP contribution is 2.22. The highest BCUT2D eigenvalue weighted by atomic mass is 32.2. The topological polar surface area (TPSA) is 51.0 Å². The van der Waals surface area contributed by atoms with Gasteiger partial charge in [-0.1, -0.05) is 12.1 Å². The van der Waals surface area contributed by atoms with Crippen LogP contribution in [-0.4, -0.2) is 29.0 Å². The summed E-state index contributed by atoms with van der Waals surface area (Å²) in [6, 6.07) is 0. The quantitative estimate of drug-likeness (QED) is 0.801. The van der Waals surface area contributed by atoms with Gasteiger partial charge in [0.2, 0.25) is 5.89 Å². The van der Waals surface area contributed by atoms with Crippen molar-refractivity contribution in [3.05, 3.63) is 11.7 Å². The Balaban J connectivity index is 1.85. The van der Waals surface area contributed by atoms with Crippen LogP contribution in [0.4, 0.5) is 0 Å². The first kappa shape index (κ1) is 11.9. The van der Waals surface area contributed by atoms with Crippen molar-refractivity contribution in [3.63, 3.8) is 0 Å². The van der Waals surface area contributed by atoms with Gasteiger partial charge in [-0.3, -0.25) is 0 Å². The van der Waals surface area contributed by atoms with Crippen LogP contribution in [0.3, 0.4) is 0 Å². The maximum atomic E-state index is 5.32. The van der Waals surface area contributed by atoms with Gasteiger partial charge in [-0.25, -0.2) is 0 Å². The van der Waals surface area contributed by atoms with E-state index in [0.29, 0.717) is 5.92 Å². The molecule has 2 heterocycles. The van der Waals surface area contributed by atoms with Crippen LogP contribution in [0.15, 0.2) is 4.52 Å². The number of nitrogens with zero attached hydrogens (tertiary/aromatic N) is 2. The van der Waals surface area contributed by atoms with Gasteiger partial charge >= 0.3 is 0 Å². The van der Waals surface area contributed by atoms with Crippen molar-refractivity contribution in [1.29, 1.82) is 0 Å². The van der Waals surface area contributed by atoms with E-state index in [1.165, 1.54) is 12.8 Å². The zero-order valence-corrected chi connectivity index (χ0v) is 10.6. The molecule has 2 rings (SSSR count). The molecule has 0 amide bonds. The third kappa shape index (κ3) is 3.22. The van der Waals surface area contributed by atoms with E-state index in [1.54, 1.807) is 0 Å². The van der Waals surface area contributed by atoms with E-state index in [4.69, 9.17) is 4.52 Å². The number of aromatic nitrogens is 2. The summed E-state index contributed by atoms with van der Waals surface area (Å²) < 4.78 is 5.32. The molecule has 1 fully saturated rings. The lowest BCUT2D eigenvalue weighted by Crippen LogP contribution is -2.28. The molecule has 1 aliphatic heterocycles. The fourth-order valence-corrected chi connectivity index (χ4v) is 2.60. The molecular weight excluding hydrogens is 222 g/mol. The van der Waals surface area contributed by atoms with Crippen LogP contribution in [0.2, 0.25) is 0 Å². The molecule has 1 aromatic heterocycles. The number of hydrogen-bond donors (Lipinski definition) is 1. The van der Waals surface area contributed by atoms with Crippen molar-refractivity contribution in [3.8, 4) is 0 Å².